The van der Waals surface area contributed by atoms with Crippen LogP contribution in [0.2, 0.25) is 0 Å². The first kappa shape index (κ1) is 16.0. The second kappa shape index (κ2) is 6.64. The molecule has 1 amide bonds. The molecule has 0 fully saturated rings. The zero-order valence-electron chi connectivity index (χ0n) is 12.1. The summed E-state index contributed by atoms with van der Waals surface area (Å²) in [5, 5.41) is 9.08. The molecule has 0 aromatic heterocycles. The van der Waals surface area contributed by atoms with E-state index < -0.39 is 5.41 Å². The Hall–Kier alpha value is -1.04. The fourth-order valence-corrected chi connectivity index (χ4v) is 1.93. The molecule has 0 aliphatic rings. The van der Waals surface area contributed by atoms with Crippen molar-refractivity contribution in [1.29, 1.82) is 5.26 Å². The molecule has 3 heteroatoms. The van der Waals surface area contributed by atoms with Gasteiger partial charge >= 0.3 is 0 Å². The van der Waals surface area contributed by atoms with Crippen molar-refractivity contribution in [3.63, 3.8) is 0 Å². The van der Waals surface area contributed by atoms with Crippen LogP contribution in [0.4, 0.5) is 0 Å². The molecule has 0 saturated carbocycles. The Balaban J connectivity index is 5.05. The van der Waals surface area contributed by atoms with E-state index in [2.05, 4.69) is 33.8 Å². The minimum Gasteiger partial charge on any atom is -0.338 e. The van der Waals surface area contributed by atoms with Crippen molar-refractivity contribution in [2.24, 2.45) is 11.3 Å². The molecular formula is C14H26N2O. The van der Waals surface area contributed by atoms with Crippen molar-refractivity contribution in [2.75, 3.05) is 6.54 Å². The molecule has 3 nitrogen and oxygen atoms in total. The van der Waals surface area contributed by atoms with E-state index in [9.17, 15) is 4.79 Å². The summed E-state index contributed by atoms with van der Waals surface area (Å²) in [5.41, 5.74) is -0.919. The van der Waals surface area contributed by atoms with Gasteiger partial charge in [0.2, 0.25) is 5.91 Å². The Kier molecular flexibility index (Phi) is 6.23. The summed E-state index contributed by atoms with van der Waals surface area (Å²) in [5.74, 6) is 0.386. The van der Waals surface area contributed by atoms with Gasteiger partial charge in [-0.05, 0) is 32.6 Å². The average molecular weight is 238 g/mol. The third-order valence-corrected chi connectivity index (χ3v) is 3.02. The Morgan fingerprint density at radius 2 is 1.76 bits per heavy atom. The van der Waals surface area contributed by atoms with Crippen LogP contribution in [0, 0.1) is 22.7 Å². The maximum absolute atomic E-state index is 12.4. The van der Waals surface area contributed by atoms with Gasteiger partial charge in [0.15, 0.2) is 0 Å². The van der Waals surface area contributed by atoms with Gasteiger partial charge in [-0.15, -0.1) is 0 Å². The van der Waals surface area contributed by atoms with Crippen LogP contribution in [0.1, 0.15) is 54.4 Å². The second-order valence-electron chi connectivity index (χ2n) is 5.56. The third kappa shape index (κ3) is 4.38. The average Bonchev–Trinajstić information content (AvgIpc) is 2.27. The lowest BCUT2D eigenvalue weighted by atomic mass is 9.92. The minimum atomic E-state index is -0.919. The first-order valence-electron chi connectivity index (χ1n) is 6.52. The van der Waals surface area contributed by atoms with E-state index in [1.807, 2.05) is 4.90 Å². The van der Waals surface area contributed by atoms with Gasteiger partial charge < -0.3 is 4.90 Å². The largest absolute Gasteiger partial charge is 0.338 e. The highest BCUT2D eigenvalue weighted by Crippen LogP contribution is 2.22. The van der Waals surface area contributed by atoms with E-state index in [1.165, 1.54) is 0 Å². The zero-order chi connectivity index (χ0) is 13.6. The number of carbonyl (C=O) groups excluding carboxylic acids is 1. The molecule has 0 N–H and O–H groups in total. The number of nitriles is 1. The van der Waals surface area contributed by atoms with E-state index in [1.54, 1.807) is 13.8 Å². The first-order chi connectivity index (χ1) is 7.80. The fourth-order valence-electron chi connectivity index (χ4n) is 1.93. The summed E-state index contributed by atoms with van der Waals surface area (Å²) in [6, 6.07) is 2.35. The molecule has 0 unspecified atom stereocenters. The highest BCUT2D eigenvalue weighted by molar-refractivity contribution is 5.84. The topological polar surface area (TPSA) is 44.1 Å². The molecule has 0 rings (SSSR count). The number of hydrogen-bond acceptors (Lipinski definition) is 2. The third-order valence-electron chi connectivity index (χ3n) is 3.02. The monoisotopic (exact) mass is 238 g/mol. The van der Waals surface area contributed by atoms with Crippen LogP contribution in [0.5, 0.6) is 0 Å². The van der Waals surface area contributed by atoms with Gasteiger partial charge in [-0.1, -0.05) is 27.7 Å². The summed E-state index contributed by atoms with van der Waals surface area (Å²) >= 11 is 0. The predicted octanol–water partition coefficient (Wildman–Crippen LogP) is 3.21. The smallest absolute Gasteiger partial charge is 0.242 e. The van der Waals surface area contributed by atoms with Gasteiger partial charge in [-0.25, -0.2) is 0 Å². The van der Waals surface area contributed by atoms with Gasteiger partial charge in [-0.2, -0.15) is 5.26 Å². The van der Waals surface area contributed by atoms with Crippen molar-refractivity contribution in [1.82, 2.24) is 4.90 Å². The van der Waals surface area contributed by atoms with Crippen LogP contribution < -0.4 is 0 Å². The second-order valence-corrected chi connectivity index (χ2v) is 5.56. The molecule has 98 valence electrons. The maximum Gasteiger partial charge on any atom is 0.242 e. The lowest BCUT2D eigenvalue weighted by Crippen LogP contribution is -2.47. The highest BCUT2D eigenvalue weighted by atomic mass is 16.2. The van der Waals surface area contributed by atoms with Crippen molar-refractivity contribution in [3.8, 4) is 6.07 Å². The lowest BCUT2D eigenvalue weighted by Gasteiger charge is -2.35. The Morgan fingerprint density at radius 3 is 2.06 bits per heavy atom. The standard InChI is InChI=1S/C14H26N2O/c1-7-12(8-2)16(9-11(3)4)13(17)14(5,6)10-15/h11-12H,7-9H2,1-6H3. The molecule has 0 spiro atoms. The van der Waals surface area contributed by atoms with Gasteiger partial charge in [0.25, 0.3) is 0 Å². The minimum absolute atomic E-state index is 0.0394. The number of hydrogen-bond donors (Lipinski definition) is 0. The van der Waals surface area contributed by atoms with E-state index in [-0.39, 0.29) is 11.9 Å². The van der Waals surface area contributed by atoms with Crippen molar-refractivity contribution >= 4 is 5.91 Å². The molecular weight excluding hydrogens is 212 g/mol. The molecule has 0 heterocycles. The highest BCUT2D eigenvalue weighted by Gasteiger charge is 2.34. The number of nitrogens with zero attached hydrogens (tertiary/aromatic N) is 2. The number of carbonyl (C=O) groups is 1. The van der Waals surface area contributed by atoms with Crippen LogP contribution in [-0.2, 0) is 4.79 Å². The summed E-state index contributed by atoms with van der Waals surface area (Å²) in [6.07, 6.45) is 1.88. The molecule has 17 heavy (non-hydrogen) atoms. The van der Waals surface area contributed by atoms with Crippen molar-refractivity contribution in [2.45, 2.75) is 60.4 Å². The fraction of sp³-hybridized carbons (Fsp3) is 0.857. The first-order valence-corrected chi connectivity index (χ1v) is 6.52. The van der Waals surface area contributed by atoms with Crippen LogP contribution in [-0.4, -0.2) is 23.4 Å². The van der Waals surface area contributed by atoms with Crippen LogP contribution in [0.3, 0.4) is 0 Å². The normalized spacial score (nSPS) is 11.7. The van der Waals surface area contributed by atoms with Gasteiger partial charge in [0.05, 0.1) is 6.07 Å². The quantitative estimate of drug-likeness (QED) is 0.713. The molecule has 0 aromatic rings. The molecule has 0 saturated heterocycles. The zero-order valence-corrected chi connectivity index (χ0v) is 12.1. The van der Waals surface area contributed by atoms with E-state index in [0.29, 0.717) is 5.92 Å². The van der Waals surface area contributed by atoms with E-state index in [0.717, 1.165) is 19.4 Å². The number of rotatable bonds is 6. The SMILES string of the molecule is CCC(CC)N(CC(C)C)C(=O)C(C)(C)C#N. The Labute approximate surface area is 106 Å². The summed E-state index contributed by atoms with van der Waals surface area (Å²) in [4.78, 5) is 14.3. The Bertz CT molecular complexity index is 285. The van der Waals surface area contributed by atoms with Crippen LogP contribution in [0.25, 0.3) is 0 Å². The molecule has 0 aliphatic carbocycles. The van der Waals surface area contributed by atoms with Gasteiger partial charge in [0.1, 0.15) is 5.41 Å². The summed E-state index contributed by atoms with van der Waals surface area (Å²) in [6.45, 7) is 12.5. The van der Waals surface area contributed by atoms with Crippen molar-refractivity contribution in [3.05, 3.63) is 0 Å². The van der Waals surface area contributed by atoms with Crippen LogP contribution >= 0.6 is 0 Å². The molecule has 0 bridgehead atoms. The molecule has 0 atom stereocenters. The van der Waals surface area contributed by atoms with Crippen LogP contribution in [0.15, 0.2) is 0 Å². The number of amides is 1. The molecule has 0 radical (unpaired) electrons. The lowest BCUT2D eigenvalue weighted by molar-refractivity contribution is -0.140. The summed E-state index contributed by atoms with van der Waals surface area (Å²) in [7, 11) is 0. The van der Waals surface area contributed by atoms with E-state index >= 15 is 0 Å². The van der Waals surface area contributed by atoms with Crippen molar-refractivity contribution < 1.29 is 4.79 Å². The molecule has 0 aromatic carbocycles. The Morgan fingerprint density at radius 1 is 1.29 bits per heavy atom. The van der Waals surface area contributed by atoms with Gasteiger partial charge in [-0.3, -0.25) is 4.79 Å². The predicted molar refractivity (Wildman–Crippen MR) is 70.3 cm³/mol. The van der Waals surface area contributed by atoms with E-state index in [4.69, 9.17) is 5.26 Å². The molecule has 0 aliphatic heterocycles. The maximum atomic E-state index is 12.4. The summed E-state index contributed by atoms with van der Waals surface area (Å²) < 4.78 is 0. The van der Waals surface area contributed by atoms with Gasteiger partial charge in [0, 0.05) is 12.6 Å².